The Labute approximate surface area is 115 Å². The first-order valence-electron chi connectivity index (χ1n) is 6.26. The van der Waals surface area contributed by atoms with Crippen molar-refractivity contribution < 1.29 is 0 Å². The zero-order valence-electron chi connectivity index (χ0n) is 10.8. The van der Waals surface area contributed by atoms with Gasteiger partial charge >= 0.3 is 0 Å². The van der Waals surface area contributed by atoms with Gasteiger partial charge in [-0.3, -0.25) is 0 Å². The van der Waals surface area contributed by atoms with E-state index in [1.54, 1.807) is 0 Å². The van der Waals surface area contributed by atoms with Gasteiger partial charge < -0.3 is 4.90 Å². The Morgan fingerprint density at radius 1 is 1.17 bits per heavy atom. The van der Waals surface area contributed by atoms with Gasteiger partial charge in [0.25, 0.3) is 0 Å². The number of anilines is 1. The van der Waals surface area contributed by atoms with Crippen LogP contribution in [0.3, 0.4) is 0 Å². The summed E-state index contributed by atoms with van der Waals surface area (Å²) in [7, 11) is 0. The third-order valence-electron chi connectivity index (χ3n) is 3.13. The van der Waals surface area contributed by atoms with Crippen molar-refractivity contribution in [2.45, 2.75) is 6.92 Å². The molecule has 0 radical (unpaired) electrons. The van der Waals surface area contributed by atoms with Gasteiger partial charge in [-0.1, -0.05) is 43.0 Å². The lowest BCUT2D eigenvalue weighted by Crippen LogP contribution is -2.25. The first-order valence-corrected chi connectivity index (χ1v) is 6.89. The molecule has 0 heterocycles. The fourth-order valence-electron chi connectivity index (χ4n) is 2.17. The third-order valence-corrected chi connectivity index (χ3v) is 3.57. The highest BCUT2D eigenvalue weighted by molar-refractivity contribution is 7.80. The second-order valence-electron chi connectivity index (χ2n) is 4.42. The Morgan fingerprint density at radius 2 is 1.89 bits per heavy atom. The molecule has 0 aliphatic heterocycles. The number of likely N-dealkylation sites (N-methyl/N-ethyl adjacent to an activating group) is 1. The van der Waals surface area contributed by atoms with E-state index in [-0.39, 0.29) is 0 Å². The average molecular weight is 257 g/mol. The van der Waals surface area contributed by atoms with E-state index in [0.717, 1.165) is 24.4 Å². The number of benzene rings is 2. The monoisotopic (exact) mass is 257 g/mol. The molecule has 2 rings (SSSR count). The maximum absolute atomic E-state index is 4.29. The maximum atomic E-state index is 4.29. The van der Waals surface area contributed by atoms with Crippen LogP contribution < -0.4 is 4.90 Å². The van der Waals surface area contributed by atoms with Crippen LogP contribution in [0.1, 0.15) is 6.92 Å². The van der Waals surface area contributed by atoms with Gasteiger partial charge in [-0.05, 0) is 23.9 Å². The van der Waals surface area contributed by atoms with E-state index in [1.165, 1.54) is 16.5 Å². The van der Waals surface area contributed by atoms with Crippen LogP contribution in [0, 0.1) is 0 Å². The topological polar surface area (TPSA) is 3.24 Å². The van der Waals surface area contributed by atoms with Crippen molar-refractivity contribution in [1.82, 2.24) is 0 Å². The Hall–Kier alpha value is -1.41. The van der Waals surface area contributed by atoms with Crippen LogP contribution in [0.25, 0.3) is 10.8 Å². The number of thiol groups is 1. The summed E-state index contributed by atoms with van der Waals surface area (Å²) < 4.78 is 0. The van der Waals surface area contributed by atoms with Crippen molar-refractivity contribution in [2.75, 3.05) is 23.7 Å². The van der Waals surface area contributed by atoms with Gasteiger partial charge in [0.2, 0.25) is 0 Å². The Bertz CT molecular complexity index is 542. The first kappa shape index (κ1) is 13.0. The van der Waals surface area contributed by atoms with Crippen molar-refractivity contribution in [1.29, 1.82) is 0 Å². The molecule has 0 saturated heterocycles. The molecular formula is C16H19NS. The lowest BCUT2D eigenvalue weighted by atomic mass is 10.1. The molecule has 0 aliphatic carbocycles. The van der Waals surface area contributed by atoms with Gasteiger partial charge in [-0.15, -0.1) is 0 Å². The fourth-order valence-corrected chi connectivity index (χ4v) is 2.27. The van der Waals surface area contributed by atoms with Crippen LogP contribution in [0.4, 0.5) is 5.69 Å². The summed E-state index contributed by atoms with van der Waals surface area (Å²) in [5, 5.41) is 2.58. The summed E-state index contributed by atoms with van der Waals surface area (Å²) in [6.45, 7) is 8.06. The Balaban J connectivity index is 2.41. The summed E-state index contributed by atoms with van der Waals surface area (Å²) in [5.74, 6) is 0.737. The van der Waals surface area contributed by atoms with E-state index >= 15 is 0 Å². The van der Waals surface area contributed by atoms with Crippen LogP contribution in [0.2, 0.25) is 0 Å². The minimum Gasteiger partial charge on any atom is -0.367 e. The summed E-state index contributed by atoms with van der Waals surface area (Å²) in [5.41, 5.74) is 2.42. The van der Waals surface area contributed by atoms with Gasteiger partial charge in [-0.2, -0.15) is 12.6 Å². The zero-order valence-corrected chi connectivity index (χ0v) is 11.7. The lowest BCUT2D eigenvalue weighted by Gasteiger charge is -2.25. The molecule has 0 amide bonds. The number of rotatable bonds is 5. The molecule has 0 aliphatic rings. The highest BCUT2D eigenvalue weighted by Gasteiger charge is 2.08. The third kappa shape index (κ3) is 2.70. The van der Waals surface area contributed by atoms with Crippen LogP contribution in [0.5, 0.6) is 0 Å². The Kier molecular flexibility index (Phi) is 4.32. The summed E-state index contributed by atoms with van der Waals surface area (Å²) >= 11 is 4.29. The van der Waals surface area contributed by atoms with Crippen LogP contribution in [0.15, 0.2) is 54.6 Å². The van der Waals surface area contributed by atoms with E-state index in [0.29, 0.717) is 0 Å². The molecule has 0 atom stereocenters. The van der Waals surface area contributed by atoms with Crippen molar-refractivity contribution >= 4 is 29.1 Å². The molecule has 0 spiro atoms. The van der Waals surface area contributed by atoms with Gasteiger partial charge in [-0.25, -0.2) is 0 Å². The number of fused-ring (bicyclic) bond motifs is 1. The molecule has 0 N–H and O–H groups in total. The summed E-state index contributed by atoms with van der Waals surface area (Å²) in [4.78, 5) is 2.35. The minimum absolute atomic E-state index is 0.737. The molecule has 0 saturated carbocycles. The molecule has 94 valence electrons. The SMILES string of the molecule is C=C(CS)CN(CC)c1cccc2ccccc12. The van der Waals surface area contributed by atoms with E-state index in [2.05, 4.69) is 73.5 Å². The molecule has 18 heavy (non-hydrogen) atoms. The molecule has 2 aromatic rings. The second-order valence-corrected chi connectivity index (χ2v) is 4.74. The zero-order chi connectivity index (χ0) is 13.0. The van der Waals surface area contributed by atoms with Crippen molar-refractivity contribution in [3.63, 3.8) is 0 Å². The summed E-state index contributed by atoms with van der Waals surface area (Å²) in [6, 6.07) is 14.9. The molecule has 0 aromatic heterocycles. The molecule has 0 unspecified atom stereocenters. The first-order chi connectivity index (χ1) is 8.76. The average Bonchev–Trinajstić information content (AvgIpc) is 2.44. The van der Waals surface area contributed by atoms with Crippen molar-refractivity contribution in [3.05, 3.63) is 54.6 Å². The number of hydrogen-bond donors (Lipinski definition) is 1. The van der Waals surface area contributed by atoms with Gasteiger partial charge in [0, 0.05) is 29.9 Å². The van der Waals surface area contributed by atoms with E-state index in [4.69, 9.17) is 0 Å². The van der Waals surface area contributed by atoms with E-state index < -0.39 is 0 Å². The molecule has 2 aromatic carbocycles. The molecule has 2 heteroatoms. The van der Waals surface area contributed by atoms with Gasteiger partial charge in [0.15, 0.2) is 0 Å². The minimum atomic E-state index is 0.737. The van der Waals surface area contributed by atoms with Crippen molar-refractivity contribution in [2.24, 2.45) is 0 Å². The normalized spacial score (nSPS) is 10.6. The van der Waals surface area contributed by atoms with Crippen LogP contribution in [-0.2, 0) is 0 Å². The largest absolute Gasteiger partial charge is 0.367 e. The molecule has 0 fully saturated rings. The highest BCUT2D eigenvalue weighted by Crippen LogP contribution is 2.27. The second kappa shape index (κ2) is 5.96. The number of nitrogens with zero attached hydrogens (tertiary/aromatic N) is 1. The van der Waals surface area contributed by atoms with E-state index in [9.17, 15) is 0 Å². The smallest absolute Gasteiger partial charge is 0.0448 e. The highest BCUT2D eigenvalue weighted by atomic mass is 32.1. The molecular weight excluding hydrogens is 238 g/mol. The Morgan fingerprint density at radius 3 is 2.61 bits per heavy atom. The predicted octanol–water partition coefficient (Wildman–Crippen LogP) is 4.15. The van der Waals surface area contributed by atoms with Crippen LogP contribution in [-0.4, -0.2) is 18.8 Å². The van der Waals surface area contributed by atoms with Gasteiger partial charge in [0.05, 0.1) is 0 Å². The predicted molar refractivity (Wildman–Crippen MR) is 84.8 cm³/mol. The molecule has 1 nitrogen and oxygen atoms in total. The van der Waals surface area contributed by atoms with Crippen molar-refractivity contribution in [3.8, 4) is 0 Å². The lowest BCUT2D eigenvalue weighted by molar-refractivity contribution is 0.887. The number of hydrogen-bond acceptors (Lipinski definition) is 2. The fraction of sp³-hybridized carbons (Fsp3) is 0.250. The van der Waals surface area contributed by atoms with E-state index in [1.807, 2.05) is 0 Å². The standard InChI is InChI=1S/C16H19NS/c1-3-17(11-13(2)12-18)16-10-6-8-14-7-4-5-9-15(14)16/h4-10,18H,2-3,11-12H2,1H3. The summed E-state index contributed by atoms with van der Waals surface area (Å²) in [6.07, 6.45) is 0. The quantitative estimate of drug-likeness (QED) is 0.622. The maximum Gasteiger partial charge on any atom is 0.0448 e. The van der Waals surface area contributed by atoms with Gasteiger partial charge in [0.1, 0.15) is 0 Å². The van der Waals surface area contributed by atoms with Crippen LogP contribution >= 0.6 is 12.6 Å². The molecule has 0 bridgehead atoms.